The maximum atomic E-state index is 14.4. The molecule has 1 amide bonds. The van der Waals surface area contributed by atoms with Gasteiger partial charge >= 0.3 is 5.97 Å². The van der Waals surface area contributed by atoms with E-state index < -0.39 is 22.5 Å². The molecule has 7 aliphatic carbocycles. The molecule has 0 aliphatic heterocycles. The molecule has 1 aromatic carbocycles. The van der Waals surface area contributed by atoms with Crippen molar-refractivity contribution >= 4 is 17.6 Å². The van der Waals surface area contributed by atoms with E-state index in [0.717, 1.165) is 43.4 Å². The van der Waals surface area contributed by atoms with Crippen LogP contribution < -0.4 is 4.90 Å². The van der Waals surface area contributed by atoms with E-state index in [-0.39, 0.29) is 16.7 Å². The van der Waals surface area contributed by atoms with Crippen molar-refractivity contribution in [2.24, 2.45) is 16.2 Å². The van der Waals surface area contributed by atoms with Gasteiger partial charge in [-0.25, -0.2) is 4.39 Å². The van der Waals surface area contributed by atoms with Crippen molar-refractivity contribution in [2.45, 2.75) is 88.6 Å². The van der Waals surface area contributed by atoms with Crippen LogP contribution in [0.1, 0.15) is 83.4 Å². The Kier molecular flexibility index (Phi) is 4.33. The zero-order valence-electron chi connectivity index (χ0n) is 20.7. The molecule has 7 saturated carbocycles. The molecule has 4 bridgehead atoms. The largest absolute Gasteiger partial charge is 0.481 e. The molecule has 0 unspecified atom stereocenters. The standard InChI is InChI=1S/C28H32FN3O4/c1-24(5-6-24)21-30-20(31-36-21)18-3-2-4-19(13-18)32(22(33)27-14-28(29,15-27)16-27)17-25-7-10-26(11-8-25,12-9-25)23(34)35/h2-4,13H,5-12,14-17H2,1H3,(H,34,35). The first kappa shape index (κ1) is 22.4. The summed E-state index contributed by atoms with van der Waals surface area (Å²) in [5, 5.41) is 14.0. The average Bonchev–Trinajstić information content (AvgIpc) is 3.39. The number of carbonyl (C=O) groups excluding carboxylic acids is 1. The second-order valence-electron chi connectivity index (χ2n) is 13.0. The molecule has 0 radical (unpaired) electrons. The van der Waals surface area contributed by atoms with Gasteiger partial charge in [0.05, 0.1) is 10.8 Å². The van der Waals surface area contributed by atoms with Gasteiger partial charge in [-0.1, -0.05) is 24.2 Å². The minimum absolute atomic E-state index is 0.00786. The van der Waals surface area contributed by atoms with Gasteiger partial charge in [0.1, 0.15) is 5.67 Å². The van der Waals surface area contributed by atoms with E-state index in [1.54, 1.807) is 0 Å². The molecule has 7 fully saturated rings. The lowest BCUT2D eigenvalue weighted by Gasteiger charge is -2.65. The van der Waals surface area contributed by atoms with Crippen molar-refractivity contribution in [3.63, 3.8) is 0 Å². The summed E-state index contributed by atoms with van der Waals surface area (Å²) in [4.78, 5) is 32.4. The summed E-state index contributed by atoms with van der Waals surface area (Å²) in [6, 6.07) is 7.72. The first-order valence-electron chi connectivity index (χ1n) is 13.3. The van der Waals surface area contributed by atoms with Gasteiger partial charge in [-0.2, -0.15) is 4.98 Å². The minimum Gasteiger partial charge on any atom is -0.481 e. The predicted molar refractivity (Wildman–Crippen MR) is 129 cm³/mol. The first-order valence-corrected chi connectivity index (χ1v) is 13.3. The normalized spacial score (nSPS) is 37.1. The Labute approximate surface area is 209 Å². The highest BCUT2D eigenvalue weighted by molar-refractivity contribution is 6.00. The smallest absolute Gasteiger partial charge is 0.309 e. The lowest BCUT2D eigenvalue weighted by molar-refractivity contribution is -0.211. The van der Waals surface area contributed by atoms with E-state index in [1.807, 2.05) is 29.2 Å². The van der Waals surface area contributed by atoms with Crippen LogP contribution in [0.3, 0.4) is 0 Å². The molecule has 0 spiro atoms. The zero-order chi connectivity index (χ0) is 25.0. The summed E-state index contributed by atoms with van der Waals surface area (Å²) < 4.78 is 20.0. The number of hydrogen-bond acceptors (Lipinski definition) is 5. The molecule has 1 aromatic heterocycles. The number of aromatic nitrogens is 2. The highest BCUT2D eigenvalue weighted by Gasteiger charge is 2.73. The van der Waals surface area contributed by atoms with Gasteiger partial charge in [0.15, 0.2) is 0 Å². The molecule has 1 N–H and O–H groups in total. The summed E-state index contributed by atoms with van der Waals surface area (Å²) in [5.41, 5.74) is -0.899. The summed E-state index contributed by atoms with van der Waals surface area (Å²) in [7, 11) is 0. The van der Waals surface area contributed by atoms with Gasteiger partial charge in [-0.3, -0.25) is 9.59 Å². The molecule has 8 heteroatoms. The molecule has 9 rings (SSSR count). The van der Waals surface area contributed by atoms with Gasteiger partial charge in [-0.15, -0.1) is 0 Å². The maximum absolute atomic E-state index is 14.4. The quantitative estimate of drug-likeness (QED) is 0.552. The first-order chi connectivity index (χ1) is 17.1. The third kappa shape index (κ3) is 3.15. The Bertz CT molecular complexity index is 1240. The Morgan fingerprint density at radius 2 is 1.69 bits per heavy atom. The Morgan fingerprint density at radius 3 is 2.28 bits per heavy atom. The van der Waals surface area contributed by atoms with Crippen LogP contribution in [0.25, 0.3) is 11.4 Å². The predicted octanol–water partition coefficient (Wildman–Crippen LogP) is 5.44. The van der Waals surface area contributed by atoms with Gasteiger partial charge in [-0.05, 0) is 88.2 Å². The Hall–Kier alpha value is -2.77. The number of carboxylic acid groups (broad SMARTS) is 1. The number of carboxylic acids is 1. The van der Waals surface area contributed by atoms with E-state index in [4.69, 9.17) is 4.52 Å². The van der Waals surface area contributed by atoms with E-state index in [1.165, 1.54) is 0 Å². The Balaban J connectivity index is 1.20. The minimum atomic E-state index is -1.15. The monoisotopic (exact) mass is 493 g/mol. The van der Waals surface area contributed by atoms with Crippen LogP contribution in [0.2, 0.25) is 0 Å². The fourth-order valence-corrected chi connectivity index (χ4v) is 7.41. The highest BCUT2D eigenvalue weighted by Crippen LogP contribution is 2.70. The van der Waals surface area contributed by atoms with E-state index in [9.17, 15) is 19.1 Å². The van der Waals surface area contributed by atoms with E-state index in [2.05, 4.69) is 17.1 Å². The van der Waals surface area contributed by atoms with Crippen LogP contribution in [0, 0.1) is 16.2 Å². The zero-order valence-corrected chi connectivity index (χ0v) is 20.7. The molecule has 7 nitrogen and oxygen atoms in total. The third-order valence-corrected chi connectivity index (χ3v) is 10.4. The average molecular weight is 494 g/mol. The SMILES string of the molecule is CC1(c2nc(-c3cccc(N(CC45CCC(C(=O)O)(CC4)CC5)C(=O)C45CC(F)(C4)C5)c3)no2)CC1. The lowest BCUT2D eigenvalue weighted by Crippen LogP contribution is -2.71. The second kappa shape index (κ2) is 6.95. The number of rotatable bonds is 7. The number of halogens is 1. The molecule has 36 heavy (non-hydrogen) atoms. The van der Waals surface area contributed by atoms with Gasteiger partial charge in [0.25, 0.3) is 0 Å². The summed E-state index contributed by atoms with van der Waals surface area (Å²) in [6.07, 6.45) is 7.42. The second-order valence-corrected chi connectivity index (χ2v) is 13.0. The van der Waals surface area contributed by atoms with Crippen molar-refractivity contribution in [1.29, 1.82) is 0 Å². The van der Waals surface area contributed by atoms with E-state index >= 15 is 0 Å². The molecule has 190 valence electrons. The molecule has 1 heterocycles. The molecular weight excluding hydrogens is 461 g/mol. The van der Waals surface area contributed by atoms with Crippen molar-refractivity contribution in [1.82, 2.24) is 10.1 Å². The third-order valence-electron chi connectivity index (χ3n) is 10.4. The number of alkyl halides is 1. The summed E-state index contributed by atoms with van der Waals surface area (Å²) >= 11 is 0. The van der Waals surface area contributed by atoms with Gasteiger partial charge in [0.2, 0.25) is 17.6 Å². The van der Waals surface area contributed by atoms with Crippen LogP contribution in [0.5, 0.6) is 0 Å². The van der Waals surface area contributed by atoms with Crippen molar-refractivity contribution in [2.75, 3.05) is 11.4 Å². The number of hydrogen-bond donors (Lipinski definition) is 1. The molecule has 0 saturated heterocycles. The van der Waals surface area contributed by atoms with Gasteiger partial charge < -0.3 is 14.5 Å². The number of benzene rings is 1. The molecular formula is C28H32FN3O4. The van der Waals surface area contributed by atoms with Crippen LogP contribution in [-0.4, -0.2) is 39.3 Å². The Morgan fingerprint density at radius 1 is 1.03 bits per heavy atom. The summed E-state index contributed by atoms with van der Waals surface area (Å²) in [6.45, 7) is 2.66. The maximum Gasteiger partial charge on any atom is 0.309 e. The molecule has 7 aliphatic rings. The number of nitrogens with zero attached hydrogens (tertiary/aromatic N) is 3. The molecule has 0 atom stereocenters. The fourth-order valence-electron chi connectivity index (χ4n) is 7.41. The van der Waals surface area contributed by atoms with Crippen LogP contribution in [-0.2, 0) is 15.0 Å². The van der Waals surface area contributed by atoms with E-state index in [0.29, 0.717) is 56.8 Å². The highest BCUT2D eigenvalue weighted by atomic mass is 19.1. The van der Waals surface area contributed by atoms with Crippen molar-refractivity contribution in [3.8, 4) is 11.4 Å². The van der Waals surface area contributed by atoms with Gasteiger partial charge in [0, 0.05) is 23.2 Å². The lowest BCUT2D eigenvalue weighted by atomic mass is 9.41. The number of aliphatic carboxylic acids is 1. The topological polar surface area (TPSA) is 96.5 Å². The summed E-state index contributed by atoms with van der Waals surface area (Å²) in [5.74, 6) is 0.495. The van der Waals surface area contributed by atoms with Crippen LogP contribution in [0.15, 0.2) is 28.8 Å². The fraction of sp³-hybridized carbons (Fsp3) is 0.643. The van der Waals surface area contributed by atoms with Crippen molar-refractivity contribution < 1.29 is 23.6 Å². The number of carbonyl (C=O) groups is 2. The number of fused-ring (bicyclic) bond motifs is 3. The number of amides is 1. The van der Waals surface area contributed by atoms with Crippen molar-refractivity contribution in [3.05, 3.63) is 30.2 Å². The number of anilines is 1. The van der Waals surface area contributed by atoms with Crippen LogP contribution in [0.4, 0.5) is 10.1 Å². The molecule has 2 aromatic rings. The van der Waals surface area contributed by atoms with Crippen LogP contribution >= 0.6 is 0 Å².